The maximum absolute atomic E-state index is 13.4. The number of pyridine rings is 1. The van der Waals surface area contributed by atoms with Crippen molar-refractivity contribution in [2.45, 2.75) is 32.1 Å². The maximum atomic E-state index is 13.4. The van der Waals surface area contributed by atoms with Crippen molar-refractivity contribution in [1.29, 1.82) is 0 Å². The third kappa shape index (κ3) is 4.63. The fraction of sp³-hybridized carbons (Fsp3) is 0.381. The molecule has 1 saturated heterocycles. The summed E-state index contributed by atoms with van der Waals surface area (Å²) in [6.07, 6.45) is -0.499. The Morgan fingerprint density at radius 1 is 1.34 bits per heavy atom. The van der Waals surface area contributed by atoms with Gasteiger partial charge in [-0.2, -0.15) is 0 Å². The van der Waals surface area contributed by atoms with Gasteiger partial charge in [0.2, 0.25) is 0 Å². The van der Waals surface area contributed by atoms with E-state index in [-0.39, 0.29) is 17.9 Å². The molecule has 3 aromatic rings. The van der Waals surface area contributed by atoms with Gasteiger partial charge in [0.1, 0.15) is 17.7 Å². The van der Waals surface area contributed by atoms with Crippen LogP contribution >= 0.6 is 22.9 Å². The third-order valence-corrected chi connectivity index (χ3v) is 6.61. The van der Waals surface area contributed by atoms with Gasteiger partial charge < -0.3 is 20.0 Å². The number of thiazole rings is 1. The van der Waals surface area contributed by atoms with Crippen LogP contribution in [0.4, 0.5) is 20.1 Å². The van der Waals surface area contributed by atoms with E-state index in [2.05, 4.69) is 15.3 Å². The Balaban J connectivity index is 1.42. The molecule has 2 aromatic heterocycles. The van der Waals surface area contributed by atoms with Crippen molar-refractivity contribution in [1.82, 2.24) is 14.9 Å². The number of carbonyl (C=O) groups is 1. The number of amides is 2. The SMILES string of the molecule is C[C@H](O)[C@@H](O)c1cnc(N2CCN(C(=O)Nc3nc4ccc(F)cc4s3)[C@@H](C)C2)c(Cl)c1. The van der Waals surface area contributed by atoms with Crippen LogP contribution in [-0.2, 0) is 0 Å². The van der Waals surface area contributed by atoms with Crippen LogP contribution in [0.2, 0.25) is 5.02 Å². The lowest BCUT2D eigenvalue weighted by Crippen LogP contribution is -2.55. The van der Waals surface area contributed by atoms with Crippen LogP contribution in [-0.4, -0.2) is 62.9 Å². The molecule has 0 spiro atoms. The van der Waals surface area contributed by atoms with Crippen molar-refractivity contribution in [3.8, 4) is 0 Å². The summed E-state index contributed by atoms with van der Waals surface area (Å²) >= 11 is 7.62. The Labute approximate surface area is 193 Å². The highest BCUT2D eigenvalue weighted by Crippen LogP contribution is 2.30. The number of hydrogen-bond acceptors (Lipinski definition) is 7. The minimum Gasteiger partial charge on any atom is -0.390 e. The monoisotopic (exact) mass is 479 g/mol. The Kier molecular flexibility index (Phi) is 6.47. The van der Waals surface area contributed by atoms with Crippen LogP contribution in [0.25, 0.3) is 10.2 Å². The number of anilines is 2. The lowest BCUT2D eigenvalue weighted by atomic mass is 10.1. The zero-order valence-electron chi connectivity index (χ0n) is 17.5. The van der Waals surface area contributed by atoms with E-state index in [4.69, 9.17) is 11.6 Å². The first-order valence-electron chi connectivity index (χ1n) is 10.1. The summed E-state index contributed by atoms with van der Waals surface area (Å²) in [6.45, 7) is 4.91. The van der Waals surface area contributed by atoms with Crippen molar-refractivity contribution >= 4 is 50.1 Å². The molecule has 4 rings (SSSR count). The Morgan fingerprint density at radius 2 is 2.12 bits per heavy atom. The standard InChI is InChI=1S/C21H23ClFN5O3S/c1-11-10-27(19-15(22)7-13(9-24-19)18(30)12(2)29)5-6-28(11)21(31)26-20-25-16-4-3-14(23)8-17(16)32-20/h3-4,7-9,11-12,18,29-30H,5-6,10H2,1-2H3,(H,25,26,31)/t11-,12-,18+/m0/s1. The first-order chi connectivity index (χ1) is 15.2. The van der Waals surface area contributed by atoms with Gasteiger partial charge in [-0.15, -0.1) is 0 Å². The molecule has 8 nitrogen and oxygen atoms in total. The molecule has 3 heterocycles. The average molecular weight is 480 g/mol. The Morgan fingerprint density at radius 3 is 2.81 bits per heavy atom. The molecule has 0 saturated carbocycles. The predicted molar refractivity (Wildman–Crippen MR) is 123 cm³/mol. The minimum absolute atomic E-state index is 0.129. The second-order valence-corrected chi connectivity index (χ2v) is 9.25. The van der Waals surface area contributed by atoms with Gasteiger partial charge in [-0.05, 0) is 38.1 Å². The van der Waals surface area contributed by atoms with E-state index in [1.807, 2.05) is 11.8 Å². The van der Waals surface area contributed by atoms with Gasteiger partial charge in [0.15, 0.2) is 5.13 Å². The quantitative estimate of drug-likeness (QED) is 0.528. The van der Waals surface area contributed by atoms with Gasteiger partial charge in [-0.1, -0.05) is 22.9 Å². The summed E-state index contributed by atoms with van der Waals surface area (Å²) < 4.78 is 14.1. The minimum atomic E-state index is -1.06. The van der Waals surface area contributed by atoms with Gasteiger partial charge in [-0.25, -0.2) is 19.2 Å². The number of fused-ring (bicyclic) bond motifs is 1. The molecule has 3 N–H and O–H groups in total. The van der Waals surface area contributed by atoms with E-state index in [0.29, 0.717) is 51.4 Å². The van der Waals surface area contributed by atoms with E-state index < -0.39 is 12.2 Å². The highest BCUT2D eigenvalue weighted by molar-refractivity contribution is 7.22. The van der Waals surface area contributed by atoms with Crippen LogP contribution < -0.4 is 10.2 Å². The molecule has 1 aromatic carbocycles. The van der Waals surface area contributed by atoms with Crippen molar-refractivity contribution in [3.63, 3.8) is 0 Å². The Bertz CT molecular complexity index is 1140. The number of nitrogens with zero attached hydrogens (tertiary/aromatic N) is 4. The van der Waals surface area contributed by atoms with E-state index in [9.17, 15) is 19.4 Å². The number of piperazine rings is 1. The number of aromatic nitrogens is 2. The van der Waals surface area contributed by atoms with Gasteiger partial charge in [-0.3, -0.25) is 5.32 Å². The van der Waals surface area contributed by atoms with Gasteiger partial charge in [0.25, 0.3) is 0 Å². The summed E-state index contributed by atoms with van der Waals surface area (Å²) in [5, 5.41) is 23.2. The molecule has 170 valence electrons. The number of carbonyl (C=O) groups excluding carboxylic acids is 1. The molecular formula is C21H23ClFN5O3S. The second kappa shape index (κ2) is 9.14. The van der Waals surface area contributed by atoms with Gasteiger partial charge >= 0.3 is 6.03 Å². The predicted octanol–water partition coefficient (Wildman–Crippen LogP) is 3.64. The van der Waals surface area contributed by atoms with Crippen LogP contribution in [0.3, 0.4) is 0 Å². The highest BCUT2D eigenvalue weighted by Gasteiger charge is 2.30. The van der Waals surface area contributed by atoms with Crippen LogP contribution in [0.15, 0.2) is 30.5 Å². The molecule has 0 unspecified atom stereocenters. The lowest BCUT2D eigenvalue weighted by molar-refractivity contribution is 0.0303. The van der Waals surface area contributed by atoms with Crippen LogP contribution in [0.1, 0.15) is 25.5 Å². The lowest BCUT2D eigenvalue weighted by Gasteiger charge is -2.40. The molecule has 32 heavy (non-hydrogen) atoms. The normalized spacial score (nSPS) is 18.6. The first kappa shape index (κ1) is 22.7. The van der Waals surface area contributed by atoms with E-state index >= 15 is 0 Å². The maximum Gasteiger partial charge on any atom is 0.324 e. The number of hydrogen-bond donors (Lipinski definition) is 3. The number of halogens is 2. The first-order valence-corrected chi connectivity index (χ1v) is 11.3. The fourth-order valence-corrected chi connectivity index (χ4v) is 4.86. The molecule has 1 fully saturated rings. The zero-order chi connectivity index (χ0) is 23.0. The largest absolute Gasteiger partial charge is 0.390 e. The zero-order valence-corrected chi connectivity index (χ0v) is 19.1. The molecule has 11 heteroatoms. The van der Waals surface area contributed by atoms with E-state index in [1.54, 1.807) is 17.0 Å². The number of rotatable bonds is 4. The van der Waals surface area contributed by atoms with E-state index in [0.717, 1.165) is 0 Å². The van der Waals surface area contributed by atoms with Crippen molar-refractivity contribution in [2.75, 3.05) is 29.9 Å². The topological polar surface area (TPSA) is 102 Å². The summed E-state index contributed by atoms with van der Waals surface area (Å²) in [5.41, 5.74) is 1.07. The molecule has 1 aliphatic heterocycles. The molecular weight excluding hydrogens is 457 g/mol. The molecule has 0 radical (unpaired) electrons. The third-order valence-electron chi connectivity index (χ3n) is 5.39. The number of aliphatic hydroxyl groups excluding tert-OH is 2. The molecule has 0 bridgehead atoms. The second-order valence-electron chi connectivity index (χ2n) is 7.81. The number of benzene rings is 1. The molecule has 3 atom stereocenters. The number of aliphatic hydroxyl groups is 2. The van der Waals surface area contributed by atoms with E-state index in [1.165, 1.54) is 36.6 Å². The summed E-state index contributed by atoms with van der Waals surface area (Å²) in [6, 6.07) is 5.52. The van der Waals surface area contributed by atoms with Gasteiger partial charge in [0.05, 0.1) is 21.3 Å². The smallest absolute Gasteiger partial charge is 0.324 e. The average Bonchev–Trinajstić information content (AvgIpc) is 3.14. The molecule has 2 amide bonds. The molecule has 1 aliphatic rings. The summed E-state index contributed by atoms with van der Waals surface area (Å²) in [7, 11) is 0. The number of urea groups is 1. The Hall–Kier alpha value is -2.53. The summed E-state index contributed by atoms with van der Waals surface area (Å²) in [4.78, 5) is 25.2. The molecule has 0 aliphatic carbocycles. The summed E-state index contributed by atoms with van der Waals surface area (Å²) in [5.74, 6) is 0.220. The van der Waals surface area contributed by atoms with Crippen molar-refractivity contribution < 1.29 is 19.4 Å². The van der Waals surface area contributed by atoms with Crippen molar-refractivity contribution in [3.05, 3.63) is 46.9 Å². The fourth-order valence-electron chi connectivity index (χ4n) is 3.69. The highest BCUT2D eigenvalue weighted by atomic mass is 35.5. The van der Waals surface area contributed by atoms with Crippen LogP contribution in [0.5, 0.6) is 0 Å². The number of nitrogens with one attached hydrogen (secondary N) is 1. The van der Waals surface area contributed by atoms with Crippen LogP contribution in [0, 0.1) is 5.82 Å². The van der Waals surface area contributed by atoms with Crippen molar-refractivity contribution in [2.24, 2.45) is 0 Å². The van der Waals surface area contributed by atoms with Gasteiger partial charge in [0, 0.05) is 37.4 Å².